The van der Waals surface area contributed by atoms with Crippen molar-refractivity contribution < 1.29 is 9.21 Å². The number of benzene rings is 2. The highest BCUT2D eigenvalue weighted by Gasteiger charge is 2.11. The highest BCUT2D eigenvalue weighted by Crippen LogP contribution is 2.18. The fourth-order valence-electron chi connectivity index (χ4n) is 2.72. The molecule has 0 aliphatic heterocycles. The summed E-state index contributed by atoms with van der Waals surface area (Å²) in [6.07, 6.45) is 4.24. The molecule has 0 fully saturated rings. The second-order valence-electron chi connectivity index (χ2n) is 5.94. The Morgan fingerprint density at radius 2 is 1.69 bits per heavy atom. The molecule has 0 aliphatic rings. The second kappa shape index (κ2) is 7.19. The molecule has 0 bridgehead atoms. The van der Waals surface area contributed by atoms with Gasteiger partial charge in [-0.25, -0.2) is 9.97 Å². The summed E-state index contributed by atoms with van der Waals surface area (Å²) in [5.41, 5.74) is 2.66. The first-order valence-electron chi connectivity index (χ1n) is 8.43. The zero-order valence-electron chi connectivity index (χ0n) is 14.1. The number of furan rings is 1. The number of hydrogen-bond acceptors (Lipinski definition) is 4. The number of nitrogens with one attached hydrogen (secondary N) is 1. The van der Waals surface area contributed by atoms with E-state index >= 15 is 0 Å². The van der Waals surface area contributed by atoms with Crippen LogP contribution < -0.4 is 5.32 Å². The summed E-state index contributed by atoms with van der Waals surface area (Å²) < 4.78 is 5.56. The number of aromatic nitrogens is 2. The van der Waals surface area contributed by atoms with Crippen LogP contribution in [0.25, 0.3) is 22.4 Å². The van der Waals surface area contributed by atoms with E-state index in [4.69, 9.17) is 4.42 Å². The maximum Gasteiger partial charge on any atom is 0.287 e. The zero-order chi connectivity index (χ0) is 17.8. The molecule has 5 heteroatoms. The van der Waals surface area contributed by atoms with Crippen molar-refractivity contribution in [2.75, 3.05) is 6.54 Å². The molecule has 0 aliphatic carbocycles. The Kier molecular flexibility index (Phi) is 4.43. The lowest BCUT2D eigenvalue weighted by atomic mass is 10.2. The Morgan fingerprint density at radius 3 is 2.46 bits per heavy atom. The van der Waals surface area contributed by atoms with Crippen molar-refractivity contribution >= 4 is 16.9 Å². The molecule has 4 rings (SSSR count). The van der Waals surface area contributed by atoms with Gasteiger partial charge in [0, 0.05) is 29.9 Å². The molecule has 0 atom stereocenters. The lowest BCUT2D eigenvalue weighted by Gasteiger charge is -2.04. The quantitative estimate of drug-likeness (QED) is 0.597. The summed E-state index contributed by atoms with van der Waals surface area (Å²) in [6, 6.07) is 19.1. The Labute approximate surface area is 150 Å². The normalized spacial score (nSPS) is 10.8. The summed E-state index contributed by atoms with van der Waals surface area (Å²) in [4.78, 5) is 21.0. The molecule has 0 saturated carbocycles. The lowest BCUT2D eigenvalue weighted by Crippen LogP contribution is -2.25. The molecule has 4 aromatic rings. The van der Waals surface area contributed by atoms with E-state index in [1.54, 1.807) is 18.5 Å². The summed E-state index contributed by atoms with van der Waals surface area (Å²) >= 11 is 0. The van der Waals surface area contributed by atoms with Crippen LogP contribution in [0.3, 0.4) is 0 Å². The smallest absolute Gasteiger partial charge is 0.287 e. The summed E-state index contributed by atoms with van der Waals surface area (Å²) in [7, 11) is 0. The minimum atomic E-state index is -0.219. The van der Waals surface area contributed by atoms with Crippen LogP contribution in [0.2, 0.25) is 0 Å². The van der Waals surface area contributed by atoms with Crippen molar-refractivity contribution in [3.05, 3.63) is 84.4 Å². The van der Waals surface area contributed by atoms with Crippen LogP contribution in [0.1, 0.15) is 16.1 Å². The third kappa shape index (κ3) is 3.47. The van der Waals surface area contributed by atoms with Crippen LogP contribution in [-0.4, -0.2) is 22.4 Å². The number of carbonyl (C=O) groups is 1. The van der Waals surface area contributed by atoms with E-state index in [2.05, 4.69) is 15.3 Å². The fraction of sp³-hybridized carbons (Fsp3) is 0.0952. The molecule has 1 N–H and O–H groups in total. The molecule has 2 aromatic carbocycles. The Hall–Kier alpha value is -3.47. The van der Waals surface area contributed by atoms with Gasteiger partial charge >= 0.3 is 0 Å². The molecule has 2 aromatic heterocycles. The molecule has 128 valence electrons. The van der Waals surface area contributed by atoms with Gasteiger partial charge in [-0.1, -0.05) is 48.5 Å². The monoisotopic (exact) mass is 343 g/mol. The fourth-order valence-corrected chi connectivity index (χ4v) is 2.72. The van der Waals surface area contributed by atoms with E-state index < -0.39 is 0 Å². The van der Waals surface area contributed by atoms with Gasteiger partial charge in [-0.05, 0) is 24.1 Å². The van der Waals surface area contributed by atoms with Crippen molar-refractivity contribution in [2.45, 2.75) is 6.42 Å². The third-order valence-corrected chi connectivity index (χ3v) is 4.09. The van der Waals surface area contributed by atoms with Crippen LogP contribution in [-0.2, 0) is 6.42 Å². The third-order valence-electron chi connectivity index (χ3n) is 4.09. The Balaban J connectivity index is 1.35. The topological polar surface area (TPSA) is 68.0 Å². The number of para-hydroxylation sites is 1. The standard InChI is InChI=1S/C21H17N3O2/c25-21(19-12-17-8-4-5-9-18(17)26-19)22-11-10-15-13-23-20(24-14-15)16-6-2-1-3-7-16/h1-9,12-14H,10-11H2,(H,22,25). The van der Waals surface area contributed by atoms with Crippen molar-refractivity contribution in [1.29, 1.82) is 0 Å². The van der Waals surface area contributed by atoms with Crippen molar-refractivity contribution in [2.24, 2.45) is 0 Å². The van der Waals surface area contributed by atoms with Gasteiger partial charge in [0.1, 0.15) is 5.58 Å². The van der Waals surface area contributed by atoms with Gasteiger partial charge in [0.15, 0.2) is 11.6 Å². The Morgan fingerprint density at radius 1 is 0.962 bits per heavy atom. The first-order valence-corrected chi connectivity index (χ1v) is 8.43. The molecule has 0 radical (unpaired) electrons. The molecule has 2 heterocycles. The molecular weight excluding hydrogens is 326 g/mol. The van der Waals surface area contributed by atoms with Crippen LogP contribution >= 0.6 is 0 Å². The average molecular weight is 343 g/mol. The average Bonchev–Trinajstić information content (AvgIpc) is 3.13. The number of carbonyl (C=O) groups excluding carboxylic acids is 1. The highest BCUT2D eigenvalue weighted by molar-refractivity contribution is 5.96. The van der Waals surface area contributed by atoms with Gasteiger partial charge in [0.25, 0.3) is 5.91 Å². The number of rotatable bonds is 5. The van der Waals surface area contributed by atoms with E-state index in [9.17, 15) is 4.79 Å². The summed E-state index contributed by atoms with van der Waals surface area (Å²) in [5.74, 6) is 0.797. The van der Waals surface area contributed by atoms with Gasteiger partial charge in [0.2, 0.25) is 0 Å². The largest absolute Gasteiger partial charge is 0.451 e. The van der Waals surface area contributed by atoms with Gasteiger partial charge in [-0.3, -0.25) is 4.79 Å². The van der Waals surface area contributed by atoms with E-state index in [1.165, 1.54) is 0 Å². The molecule has 0 saturated heterocycles. The van der Waals surface area contributed by atoms with Crippen LogP contribution in [0.5, 0.6) is 0 Å². The Bertz CT molecular complexity index is 991. The number of fused-ring (bicyclic) bond motifs is 1. The predicted octanol–water partition coefficient (Wildman–Crippen LogP) is 3.86. The molecule has 1 amide bonds. The first-order chi connectivity index (χ1) is 12.8. The van der Waals surface area contributed by atoms with Crippen LogP contribution in [0.4, 0.5) is 0 Å². The molecule has 5 nitrogen and oxygen atoms in total. The van der Waals surface area contributed by atoms with Gasteiger partial charge < -0.3 is 9.73 Å². The second-order valence-corrected chi connectivity index (χ2v) is 5.94. The lowest BCUT2D eigenvalue weighted by molar-refractivity contribution is 0.0928. The van der Waals surface area contributed by atoms with E-state index in [-0.39, 0.29) is 5.91 Å². The first kappa shape index (κ1) is 16.0. The number of hydrogen-bond donors (Lipinski definition) is 1. The molecule has 26 heavy (non-hydrogen) atoms. The van der Waals surface area contributed by atoms with Crippen molar-refractivity contribution in [1.82, 2.24) is 15.3 Å². The van der Waals surface area contributed by atoms with Gasteiger partial charge in [-0.2, -0.15) is 0 Å². The van der Waals surface area contributed by atoms with Crippen molar-refractivity contribution in [3.63, 3.8) is 0 Å². The van der Waals surface area contributed by atoms with Gasteiger partial charge in [0.05, 0.1) is 0 Å². The maximum atomic E-state index is 12.2. The van der Waals surface area contributed by atoms with Gasteiger partial charge in [-0.15, -0.1) is 0 Å². The zero-order valence-corrected chi connectivity index (χ0v) is 14.1. The van der Waals surface area contributed by atoms with E-state index in [1.807, 2.05) is 54.6 Å². The van der Waals surface area contributed by atoms with Crippen LogP contribution in [0, 0.1) is 0 Å². The van der Waals surface area contributed by atoms with E-state index in [0.717, 1.165) is 16.5 Å². The summed E-state index contributed by atoms with van der Waals surface area (Å²) in [6.45, 7) is 0.490. The minimum absolute atomic E-state index is 0.219. The van der Waals surface area contributed by atoms with Crippen molar-refractivity contribution in [3.8, 4) is 11.4 Å². The van der Waals surface area contributed by atoms with Crippen LogP contribution in [0.15, 0.2) is 77.5 Å². The van der Waals surface area contributed by atoms with E-state index in [0.29, 0.717) is 30.1 Å². The SMILES string of the molecule is O=C(NCCc1cnc(-c2ccccc2)nc1)c1cc2ccccc2o1. The maximum absolute atomic E-state index is 12.2. The number of amides is 1. The summed E-state index contributed by atoms with van der Waals surface area (Å²) in [5, 5.41) is 3.79. The highest BCUT2D eigenvalue weighted by atomic mass is 16.3. The predicted molar refractivity (Wildman–Crippen MR) is 99.7 cm³/mol. The molecule has 0 unspecified atom stereocenters. The number of nitrogens with zero attached hydrogens (tertiary/aromatic N) is 2. The molecular formula is C21H17N3O2. The molecule has 0 spiro atoms. The minimum Gasteiger partial charge on any atom is -0.451 e.